The Morgan fingerprint density at radius 2 is 2.54 bits per heavy atom. The zero-order chi connectivity index (χ0) is 9.68. The first kappa shape index (κ1) is 9.42. The van der Waals surface area contributed by atoms with Crippen molar-refractivity contribution in [3.8, 4) is 0 Å². The highest BCUT2D eigenvalue weighted by Crippen LogP contribution is 2.17. The van der Waals surface area contributed by atoms with Crippen molar-refractivity contribution in [3.63, 3.8) is 0 Å². The van der Waals surface area contributed by atoms with E-state index in [0.717, 1.165) is 0 Å². The number of nitrogens with zero attached hydrogens (tertiary/aromatic N) is 1. The van der Waals surface area contributed by atoms with Crippen LogP contribution in [0.3, 0.4) is 0 Å². The van der Waals surface area contributed by atoms with Crippen LogP contribution in [0.2, 0.25) is 0 Å². The number of aliphatic imine (C=N–C) groups is 1. The quantitative estimate of drug-likeness (QED) is 0.357. The molecule has 0 spiro atoms. The molecule has 1 unspecified atom stereocenters. The maximum absolute atomic E-state index is 11.1. The molecule has 4 heteroatoms. The summed E-state index contributed by atoms with van der Waals surface area (Å²) < 4.78 is 4.54. The Kier molecular flexibility index (Phi) is 3.17. The summed E-state index contributed by atoms with van der Waals surface area (Å²) in [5.74, 6) is -0.451. The molecule has 0 aromatic carbocycles. The summed E-state index contributed by atoms with van der Waals surface area (Å²) in [6.45, 7) is 0. The summed E-state index contributed by atoms with van der Waals surface area (Å²) in [7, 11) is 1.29. The SMILES string of the molecule is COC(=O)C1=CC=CCC1N=C=O. The van der Waals surface area contributed by atoms with Gasteiger partial charge in [-0.2, -0.15) is 4.99 Å². The van der Waals surface area contributed by atoms with E-state index in [4.69, 9.17) is 0 Å². The van der Waals surface area contributed by atoms with Gasteiger partial charge in [-0.1, -0.05) is 12.2 Å². The highest BCUT2D eigenvalue weighted by atomic mass is 16.5. The molecule has 68 valence electrons. The summed E-state index contributed by atoms with van der Waals surface area (Å²) in [5, 5.41) is 0. The van der Waals surface area contributed by atoms with Gasteiger partial charge in [-0.3, -0.25) is 0 Å². The van der Waals surface area contributed by atoms with Gasteiger partial charge in [0.25, 0.3) is 0 Å². The molecule has 0 bridgehead atoms. The Labute approximate surface area is 75.6 Å². The largest absolute Gasteiger partial charge is 0.466 e. The van der Waals surface area contributed by atoms with Crippen LogP contribution in [0, 0.1) is 0 Å². The number of hydrogen-bond donors (Lipinski definition) is 0. The number of esters is 1. The third-order valence-corrected chi connectivity index (χ3v) is 1.76. The lowest BCUT2D eigenvalue weighted by Crippen LogP contribution is -2.18. The van der Waals surface area contributed by atoms with Crippen LogP contribution in [0.25, 0.3) is 0 Å². The number of rotatable bonds is 2. The number of methoxy groups -OCH3 is 1. The molecule has 0 radical (unpaired) electrons. The monoisotopic (exact) mass is 179 g/mol. The van der Waals surface area contributed by atoms with Crippen LogP contribution in [-0.2, 0) is 14.3 Å². The molecule has 0 saturated carbocycles. The Morgan fingerprint density at radius 3 is 3.15 bits per heavy atom. The van der Waals surface area contributed by atoms with Crippen LogP contribution >= 0.6 is 0 Å². The van der Waals surface area contributed by atoms with E-state index in [2.05, 4.69) is 9.73 Å². The van der Waals surface area contributed by atoms with Gasteiger partial charge < -0.3 is 4.74 Å². The number of carbonyl (C=O) groups excluding carboxylic acids is 2. The number of ether oxygens (including phenoxy) is 1. The van der Waals surface area contributed by atoms with Crippen molar-refractivity contribution >= 4 is 12.0 Å². The zero-order valence-electron chi connectivity index (χ0n) is 7.19. The van der Waals surface area contributed by atoms with Gasteiger partial charge in [0.05, 0.1) is 18.7 Å². The van der Waals surface area contributed by atoms with Gasteiger partial charge in [0.1, 0.15) is 0 Å². The third-order valence-electron chi connectivity index (χ3n) is 1.76. The molecule has 0 heterocycles. The van der Waals surface area contributed by atoms with Crippen molar-refractivity contribution in [2.45, 2.75) is 12.5 Å². The molecule has 1 aliphatic rings. The summed E-state index contributed by atoms with van der Waals surface area (Å²) in [6, 6.07) is -0.435. The van der Waals surface area contributed by atoms with Crippen LogP contribution in [0.4, 0.5) is 0 Å². The molecule has 0 saturated heterocycles. The first-order chi connectivity index (χ1) is 6.29. The topological polar surface area (TPSA) is 55.7 Å². The van der Waals surface area contributed by atoms with Crippen LogP contribution in [-0.4, -0.2) is 25.2 Å². The fraction of sp³-hybridized carbons (Fsp3) is 0.333. The van der Waals surface area contributed by atoms with Crippen LogP contribution < -0.4 is 0 Å². The van der Waals surface area contributed by atoms with E-state index in [1.54, 1.807) is 12.2 Å². The smallest absolute Gasteiger partial charge is 0.335 e. The second kappa shape index (κ2) is 4.38. The Bertz CT molecular complexity index is 311. The summed E-state index contributed by atoms with van der Waals surface area (Å²) in [6.07, 6.45) is 7.15. The van der Waals surface area contributed by atoms with Gasteiger partial charge in [-0.15, -0.1) is 0 Å². The number of carbonyl (C=O) groups is 1. The molecule has 0 aromatic rings. The second-order valence-corrected chi connectivity index (χ2v) is 2.51. The Balaban J connectivity index is 2.88. The molecular formula is C9H9NO3. The predicted octanol–water partition coefficient (Wildman–Crippen LogP) is 0.750. The fourth-order valence-corrected chi connectivity index (χ4v) is 1.13. The average Bonchev–Trinajstić information content (AvgIpc) is 2.18. The molecular weight excluding hydrogens is 170 g/mol. The molecule has 4 nitrogen and oxygen atoms in total. The van der Waals surface area contributed by atoms with Crippen molar-refractivity contribution in [3.05, 3.63) is 23.8 Å². The lowest BCUT2D eigenvalue weighted by Gasteiger charge is -2.13. The van der Waals surface area contributed by atoms with Crippen molar-refractivity contribution in [2.75, 3.05) is 7.11 Å². The highest BCUT2D eigenvalue weighted by molar-refractivity contribution is 5.90. The van der Waals surface area contributed by atoms with Crippen molar-refractivity contribution in [2.24, 2.45) is 4.99 Å². The number of allylic oxidation sites excluding steroid dienone is 2. The van der Waals surface area contributed by atoms with E-state index in [-0.39, 0.29) is 0 Å². The minimum Gasteiger partial charge on any atom is -0.466 e. The number of isocyanates is 1. The maximum atomic E-state index is 11.1. The lowest BCUT2D eigenvalue weighted by molar-refractivity contribution is -0.136. The van der Waals surface area contributed by atoms with Gasteiger partial charge in [0, 0.05) is 0 Å². The van der Waals surface area contributed by atoms with Gasteiger partial charge in [0.15, 0.2) is 0 Å². The first-order valence-corrected chi connectivity index (χ1v) is 3.81. The number of hydrogen-bond acceptors (Lipinski definition) is 4. The minimum atomic E-state index is -0.451. The van der Waals surface area contributed by atoms with Crippen LogP contribution in [0.15, 0.2) is 28.8 Å². The van der Waals surface area contributed by atoms with E-state index >= 15 is 0 Å². The Morgan fingerprint density at radius 1 is 1.77 bits per heavy atom. The fourth-order valence-electron chi connectivity index (χ4n) is 1.13. The van der Waals surface area contributed by atoms with E-state index in [1.165, 1.54) is 13.2 Å². The highest BCUT2D eigenvalue weighted by Gasteiger charge is 2.21. The van der Waals surface area contributed by atoms with Gasteiger partial charge in [-0.05, 0) is 12.5 Å². The normalized spacial score (nSPS) is 20.1. The van der Waals surface area contributed by atoms with E-state index in [0.29, 0.717) is 12.0 Å². The summed E-state index contributed by atoms with van der Waals surface area (Å²) in [4.78, 5) is 24.7. The molecule has 1 atom stereocenters. The van der Waals surface area contributed by atoms with Crippen molar-refractivity contribution < 1.29 is 14.3 Å². The van der Waals surface area contributed by atoms with Gasteiger partial charge >= 0.3 is 5.97 Å². The standard InChI is InChI=1S/C9H9NO3/c1-13-9(12)7-4-2-3-5-8(7)10-6-11/h2-4,8H,5H2,1H3. The molecule has 0 N–H and O–H groups in total. The maximum Gasteiger partial charge on any atom is 0.335 e. The molecule has 1 aliphatic carbocycles. The lowest BCUT2D eigenvalue weighted by atomic mass is 10.00. The first-order valence-electron chi connectivity index (χ1n) is 3.81. The summed E-state index contributed by atoms with van der Waals surface area (Å²) in [5.41, 5.74) is 0.397. The Hall–Kier alpha value is -1.67. The van der Waals surface area contributed by atoms with Crippen molar-refractivity contribution in [1.82, 2.24) is 0 Å². The molecule has 1 rings (SSSR count). The van der Waals surface area contributed by atoms with Crippen LogP contribution in [0.1, 0.15) is 6.42 Å². The predicted molar refractivity (Wildman–Crippen MR) is 45.8 cm³/mol. The minimum absolute atomic E-state index is 0.397. The van der Waals surface area contributed by atoms with E-state index < -0.39 is 12.0 Å². The molecule has 13 heavy (non-hydrogen) atoms. The summed E-state index contributed by atoms with van der Waals surface area (Å²) >= 11 is 0. The molecule has 0 amide bonds. The van der Waals surface area contributed by atoms with Crippen molar-refractivity contribution in [1.29, 1.82) is 0 Å². The van der Waals surface area contributed by atoms with E-state index in [9.17, 15) is 9.59 Å². The van der Waals surface area contributed by atoms with Gasteiger partial charge in [-0.25, -0.2) is 9.59 Å². The third kappa shape index (κ3) is 2.13. The zero-order valence-corrected chi connectivity index (χ0v) is 7.19. The van der Waals surface area contributed by atoms with Crippen LogP contribution in [0.5, 0.6) is 0 Å². The average molecular weight is 179 g/mol. The second-order valence-electron chi connectivity index (χ2n) is 2.51. The van der Waals surface area contributed by atoms with E-state index in [1.807, 2.05) is 6.08 Å². The molecule has 0 aliphatic heterocycles. The molecule has 0 fully saturated rings. The molecule has 0 aromatic heterocycles. The van der Waals surface area contributed by atoms with Gasteiger partial charge in [0.2, 0.25) is 6.08 Å².